The second-order valence-electron chi connectivity index (χ2n) is 4.47. The van der Waals surface area contributed by atoms with Crippen LogP contribution in [0.3, 0.4) is 0 Å². The van der Waals surface area contributed by atoms with E-state index in [1.54, 1.807) is 0 Å². The number of halogens is 1. The Bertz CT molecular complexity index is 360. The molecule has 0 amide bonds. The maximum atomic E-state index is 11.0. The first kappa shape index (κ1) is 15.1. The quantitative estimate of drug-likeness (QED) is 0.651. The number of ether oxygens (including phenoxy) is 2. The first-order chi connectivity index (χ1) is 7.38. The number of nitrogens with zero attached hydrogens (tertiary/aromatic N) is 1. The number of fused-ring (bicyclic) bond motifs is 1. The zero-order valence-electron chi connectivity index (χ0n) is 10.0. The van der Waals surface area contributed by atoms with Gasteiger partial charge < -0.3 is 14.4 Å². The lowest BCUT2D eigenvalue weighted by Crippen LogP contribution is -2.40. The van der Waals surface area contributed by atoms with Crippen LogP contribution in [0.25, 0.3) is 0 Å². The van der Waals surface area contributed by atoms with Crippen molar-refractivity contribution >= 4 is 22.5 Å². The molecule has 2 saturated heterocycles. The smallest absolute Gasteiger partial charge is 0.264 e. The summed E-state index contributed by atoms with van der Waals surface area (Å²) in [5.74, 6) is 0. The molecule has 0 aromatic carbocycles. The van der Waals surface area contributed by atoms with E-state index >= 15 is 0 Å². The highest BCUT2D eigenvalue weighted by Crippen LogP contribution is 2.31. The highest BCUT2D eigenvalue weighted by Gasteiger charge is 2.50. The summed E-state index contributed by atoms with van der Waals surface area (Å²) >= 11 is 0. The lowest BCUT2D eigenvalue weighted by molar-refractivity contribution is 0.0315. The lowest BCUT2D eigenvalue weighted by Gasteiger charge is -2.22. The molecule has 4 atom stereocenters. The van der Waals surface area contributed by atoms with Crippen LogP contribution in [0.2, 0.25) is 0 Å². The molecule has 2 aliphatic heterocycles. The topological polar surface area (TPSA) is 65.1 Å². The summed E-state index contributed by atoms with van der Waals surface area (Å²) in [7, 11) is 0.440. The molecule has 0 aromatic heterocycles. The molecule has 0 aromatic rings. The molecular formula is C9H18ClNO5S. The molecule has 17 heavy (non-hydrogen) atoms. The van der Waals surface area contributed by atoms with Gasteiger partial charge in [0.25, 0.3) is 10.1 Å². The van der Waals surface area contributed by atoms with Crippen LogP contribution in [-0.4, -0.2) is 71.2 Å². The third-order valence-corrected chi connectivity index (χ3v) is 3.54. The lowest BCUT2D eigenvalue weighted by atomic mass is 10.1. The van der Waals surface area contributed by atoms with Crippen molar-refractivity contribution in [1.29, 1.82) is 0 Å². The molecule has 0 saturated carbocycles. The first-order valence-corrected chi connectivity index (χ1v) is 6.98. The Morgan fingerprint density at radius 3 is 2.29 bits per heavy atom. The second kappa shape index (κ2) is 5.38. The first-order valence-electron chi connectivity index (χ1n) is 5.16. The fraction of sp³-hybridized carbons (Fsp3) is 1.00. The molecular weight excluding hydrogens is 270 g/mol. The predicted molar refractivity (Wildman–Crippen MR) is 63.9 cm³/mol. The molecule has 0 N–H and O–H groups in total. The van der Waals surface area contributed by atoms with Gasteiger partial charge in [0.05, 0.1) is 25.5 Å². The largest absolute Gasteiger partial charge is 0.371 e. The van der Waals surface area contributed by atoms with Crippen molar-refractivity contribution in [3.05, 3.63) is 0 Å². The van der Waals surface area contributed by atoms with Crippen LogP contribution in [-0.2, 0) is 23.8 Å². The van der Waals surface area contributed by atoms with Gasteiger partial charge in [-0.15, -0.1) is 12.4 Å². The minimum absolute atomic E-state index is 0. The molecule has 6 nitrogen and oxygen atoms in total. The summed E-state index contributed by atoms with van der Waals surface area (Å²) < 4.78 is 38.1. The van der Waals surface area contributed by atoms with E-state index < -0.39 is 16.2 Å². The minimum atomic E-state index is -3.46. The van der Waals surface area contributed by atoms with Crippen molar-refractivity contribution in [3.8, 4) is 0 Å². The van der Waals surface area contributed by atoms with E-state index in [-0.39, 0.29) is 37.3 Å². The highest BCUT2D eigenvalue weighted by molar-refractivity contribution is 7.86. The Kier molecular flexibility index (Phi) is 4.79. The SMILES string of the molecule is CN(C)C1COC2C(OS(C)(=O)=O)COC21.Cl. The van der Waals surface area contributed by atoms with Gasteiger partial charge in [0.15, 0.2) is 0 Å². The summed E-state index contributed by atoms with van der Waals surface area (Å²) in [6.07, 6.45) is 0.160. The van der Waals surface area contributed by atoms with Crippen LogP contribution in [0, 0.1) is 0 Å². The van der Waals surface area contributed by atoms with Crippen molar-refractivity contribution in [1.82, 2.24) is 4.90 Å². The van der Waals surface area contributed by atoms with Gasteiger partial charge in [-0.2, -0.15) is 8.42 Å². The molecule has 8 heteroatoms. The normalized spacial score (nSPS) is 36.9. The monoisotopic (exact) mass is 287 g/mol. The van der Waals surface area contributed by atoms with E-state index in [0.717, 1.165) is 6.26 Å². The Morgan fingerprint density at radius 2 is 1.76 bits per heavy atom. The molecule has 0 bridgehead atoms. The fourth-order valence-corrected chi connectivity index (χ4v) is 2.81. The van der Waals surface area contributed by atoms with Gasteiger partial charge >= 0.3 is 0 Å². The maximum Gasteiger partial charge on any atom is 0.264 e. The van der Waals surface area contributed by atoms with E-state index in [2.05, 4.69) is 0 Å². The predicted octanol–water partition coefficient (Wildman–Crippen LogP) is -0.519. The Hall–Kier alpha value is 0.0800. The zero-order chi connectivity index (χ0) is 11.9. The molecule has 102 valence electrons. The molecule has 4 unspecified atom stereocenters. The average Bonchev–Trinajstić information content (AvgIpc) is 2.65. The van der Waals surface area contributed by atoms with Gasteiger partial charge in [-0.25, -0.2) is 0 Å². The van der Waals surface area contributed by atoms with Crippen molar-refractivity contribution in [2.24, 2.45) is 0 Å². The number of likely N-dealkylation sites (N-methyl/N-ethyl adjacent to an activating group) is 1. The molecule has 2 rings (SSSR count). The van der Waals surface area contributed by atoms with E-state index in [1.807, 2.05) is 19.0 Å². The third kappa shape index (κ3) is 3.30. The summed E-state index contributed by atoms with van der Waals surface area (Å²) in [6.45, 7) is 0.818. The van der Waals surface area contributed by atoms with Crippen LogP contribution in [0.4, 0.5) is 0 Å². The van der Waals surface area contributed by atoms with Gasteiger partial charge in [-0.05, 0) is 14.1 Å². The van der Waals surface area contributed by atoms with Crippen LogP contribution in [0.1, 0.15) is 0 Å². The summed E-state index contributed by atoms with van der Waals surface area (Å²) in [4.78, 5) is 2.02. The molecule has 0 aliphatic carbocycles. The standard InChI is InChI=1S/C9H17NO5S.ClH/c1-10(2)6-4-13-9-7(5-14-8(6)9)15-16(3,11)12;/h6-9H,4-5H2,1-3H3;1H. The minimum Gasteiger partial charge on any atom is -0.371 e. The van der Waals surface area contributed by atoms with Gasteiger partial charge in [0.2, 0.25) is 0 Å². The Morgan fingerprint density at radius 1 is 1.18 bits per heavy atom. The zero-order valence-corrected chi connectivity index (χ0v) is 11.7. The van der Waals surface area contributed by atoms with Gasteiger partial charge in [-0.3, -0.25) is 4.18 Å². The Balaban J connectivity index is 0.00000144. The summed E-state index contributed by atoms with van der Waals surface area (Å²) in [5.41, 5.74) is 0. The van der Waals surface area contributed by atoms with Crippen LogP contribution >= 0.6 is 12.4 Å². The van der Waals surface area contributed by atoms with Crippen molar-refractivity contribution in [2.75, 3.05) is 33.6 Å². The van der Waals surface area contributed by atoms with Gasteiger partial charge in [-0.1, -0.05) is 0 Å². The maximum absolute atomic E-state index is 11.0. The number of hydrogen-bond donors (Lipinski definition) is 0. The Labute approximate surface area is 108 Å². The third-order valence-electron chi connectivity index (χ3n) is 2.94. The molecule has 0 radical (unpaired) electrons. The van der Waals surface area contributed by atoms with Gasteiger partial charge in [0, 0.05) is 0 Å². The van der Waals surface area contributed by atoms with Crippen LogP contribution in [0.15, 0.2) is 0 Å². The van der Waals surface area contributed by atoms with Crippen molar-refractivity contribution in [2.45, 2.75) is 24.4 Å². The highest BCUT2D eigenvalue weighted by atomic mass is 35.5. The second-order valence-corrected chi connectivity index (χ2v) is 6.07. The fourth-order valence-electron chi connectivity index (χ4n) is 2.19. The van der Waals surface area contributed by atoms with Crippen LogP contribution < -0.4 is 0 Å². The number of hydrogen-bond acceptors (Lipinski definition) is 6. The average molecular weight is 288 g/mol. The summed E-state index contributed by atoms with van der Waals surface area (Å²) in [5, 5.41) is 0. The van der Waals surface area contributed by atoms with Crippen molar-refractivity contribution in [3.63, 3.8) is 0 Å². The van der Waals surface area contributed by atoms with E-state index in [9.17, 15) is 8.42 Å². The van der Waals surface area contributed by atoms with Gasteiger partial charge in [0.1, 0.15) is 18.3 Å². The van der Waals surface area contributed by atoms with E-state index in [1.165, 1.54) is 0 Å². The van der Waals surface area contributed by atoms with Crippen molar-refractivity contribution < 1.29 is 22.1 Å². The molecule has 2 aliphatic rings. The molecule has 2 heterocycles. The number of rotatable bonds is 3. The molecule has 0 spiro atoms. The van der Waals surface area contributed by atoms with E-state index in [4.69, 9.17) is 13.7 Å². The van der Waals surface area contributed by atoms with E-state index in [0.29, 0.717) is 6.61 Å². The van der Waals surface area contributed by atoms with Crippen LogP contribution in [0.5, 0.6) is 0 Å². The summed E-state index contributed by atoms with van der Waals surface area (Å²) in [6, 6.07) is 0.165. The molecule has 2 fully saturated rings.